The molecule has 5 heterocycles. The van der Waals surface area contributed by atoms with E-state index in [-0.39, 0.29) is 5.56 Å². The number of pyridine rings is 1. The molecule has 4 aromatic heterocycles. The zero-order valence-corrected chi connectivity index (χ0v) is 17.4. The summed E-state index contributed by atoms with van der Waals surface area (Å²) in [6.45, 7) is 4.80. The highest BCUT2D eigenvalue weighted by molar-refractivity contribution is 5.79. The molecule has 0 saturated carbocycles. The highest BCUT2D eigenvalue weighted by atomic mass is 16.5. The smallest absolute Gasteiger partial charge is 0.280 e. The molecule has 32 heavy (non-hydrogen) atoms. The Morgan fingerprint density at radius 1 is 1.00 bits per heavy atom. The summed E-state index contributed by atoms with van der Waals surface area (Å²) in [5.41, 5.74) is 1.13. The average molecular weight is 430 g/mol. The van der Waals surface area contributed by atoms with Gasteiger partial charge in [0.25, 0.3) is 11.3 Å². The van der Waals surface area contributed by atoms with Crippen LogP contribution in [-0.2, 0) is 0 Å². The maximum absolute atomic E-state index is 13.2. The predicted octanol–water partition coefficient (Wildman–Crippen LogP) is 1.79. The molecule has 0 bridgehead atoms. The number of hydrogen-bond donors (Lipinski definition) is 0. The van der Waals surface area contributed by atoms with Gasteiger partial charge in [0.05, 0.1) is 24.1 Å². The van der Waals surface area contributed by atoms with Crippen LogP contribution in [-0.4, -0.2) is 52.3 Å². The minimum Gasteiger partial charge on any atom is -0.490 e. The first-order chi connectivity index (χ1) is 15.6. The topological polar surface area (TPSA) is 114 Å². The summed E-state index contributed by atoms with van der Waals surface area (Å²) in [7, 11) is 0. The molecule has 6 rings (SSSR count). The maximum atomic E-state index is 13.2. The summed E-state index contributed by atoms with van der Waals surface area (Å²) in [6, 6.07) is 7.41. The molecule has 0 amide bonds. The fraction of sp³-hybridized carbons (Fsp3) is 0.238. The summed E-state index contributed by atoms with van der Waals surface area (Å²) in [5, 5.41) is 13.1. The van der Waals surface area contributed by atoms with Crippen LogP contribution in [0, 0.1) is 13.8 Å². The largest absolute Gasteiger partial charge is 0.490 e. The lowest BCUT2D eigenvalue weighted by atomic mass is 10.2. The van der Waals surface area contributed by atoms with Crippen molar-refractivity contribution in [3.63, 3.8) is 0 Å². The number of ether oxygens (including phenoxy) is 2. The van der Waals surface area contributed by atoms with E-state index in [0.29, 0.717) is 58.9 Å². The Balaban J connectivity index is 1.50. The second kappa shape index (κ2) is 6.87. The number of nitrogens with zero attached hydrogens (tertiary/aromatic N) is 8. The van der Waals surface area contributed by atoms with Crippen LogP contribution < -0.4 is 15.0 Å². The Morgan fingerprint density at radius 3 is 2.59 bits per heavy atom. The van der Waals surface area contributed by atoms with E-state index in [4.69, 9.17) is 9.47 Å². The molecule has 160 valence electrons. The van der Waals surface area contributed by atoms with E-state index in [1.807, 2.05) is 18.2 Å². The molecule has 1 aromatic carbocycles. The van der Waals surface area contributed by atoms with Crippen molar-refractivity contribution < 1.29 is 9.47 Å². The third kappa shape index (κ3) is 2.74. The van der Waals surface area contributed by atoms with Gasteiger partial charge in [-0.2, -0.15) is 9.50 Å². The van der Waals surface area contributed by atoms with Gasteiger partial charge in [-0.15, -0.1) is 15.3 Å². The molecule has 0 atom stereocenters. The van der Waals surface area contributed by atoms with Gasteiger partial charge in [0.2, 0.25) is 0 Å². The lowest BCUT2D eigenvalue weighted by molar-refractivity contribution is 0.297. The van der Waals surface area contributed by atoms with Crippen LogP contribution >= 0.6 is 0 Å². The minimum absolute atomic E-state index is 0.254. The molecular formula is C21H18N8O3. The summed E-state index contributed by atoms with van der Waals surface area (Å²) in [4.78, 5) is 22.1. The molecule has 0 saturated heterocycles. The lowest BCUT2D eigenvalue weighted by Gasteiger charge is -2.10. The van der Waals surface area contributed by atoms with E-state index < -0.39 is 0 Å². The first-order valence-electron chi connectivity index (χ1n) is 10.2. The van der Waals surface area contributed by atoms with E-state index in [2.05, 4.69) is 25.3 Å². The maximum Gasteiger partial charge on any atom is 0.280 e. The molecule has 1 aliphatic heterocycles. The van der Waals surface area contributed by atoms with Crippen LogP contribution in [0.4, 0.5) is 0 Å². The van der Waals surface area contributed by atoms with Crippen molar-refractivity contribution in [3.05, 3.63) is 58.7 Å². The first-order valence-corrected chi connectivity index (χ1v) is 10.2. The number of fused-ring (bicyclic) bond motifs is 4. The first kappa shape index (κ1) is 18.5. The van der Waals surface area contributed by atoms with Crippen molar-refractivity contribution in [1.82, 2.24) is 39.1 Å². The van der Waals surface area contributed by atoms with Gasteiger partial charge in [-0.1, -0.05) is 0 Å². The van der Waals surface area contributed by atoms with Gasteiger partial charge < -0.3 is 9.47 Å². The summed E-state index contributed by atoms with van der Waals surface area (Å²) in [5.74, 6) is 3.47. The minimum atomic E-state index is -0.254. The van der Waals surface area contributed by atoms with E-state index in [1.165, 1.54) is 10.9 Å². The molecule has 0 aliphatic carbocycles. The second-order valence-electron chi connectivity index (χ2n) is 7.49. The van der Waals surface area contributed by atoms with Crippen molar-refractivity contribution >= 4 is 16.7 Å². The van der Waals surface area contributed by atoms with Crippen molar-refractivity contribution in [2.75, 3.05) is 13.2 Å². The van der Waals surface area contributed by atoms with Gasteiger partial charge in [0.15, 0.2) is 17.3 Å². The van der Waals surface area contributed by atoms with Crippen LogP contribution in [0.5, 0.6) is 11.5 Å². The molecule has 5 aromatic rings. The third-order valence-electron chi connectivity index (χ3n) is 5.39. The third-order valence-corrected chi connectivity index (χ3v) is 5.39. The number of aryl methyl sites for hydroxylation is 2. The van der Waals surface area contributed by atoms with Crippen molar-refractivity contribution in [3.8, 4) is 22.9 Å². The fourth-order valence-corrected chi connectivity index (χ4v) is 3.87. The van der Waals surface area contributed by atoms with E-state index in [1.54, 1.807) is 35.3 Å². The van der Waals surface area contributed by atoms with Crippen LogP contribution in [0.15, 0.2) is 41.5 Å². The van der Waals surface area contributed by atoms with Gasteiger partial charge in [0, 0.05) is 24.4 Å². The molecule has 0 spiro atoms. The van der Waals surface area contributed by atoms with E-state index in [9.17, 15) is 4.79 Å². The quantitative estimate of drug-likeness (QED) is 0.416. The SMILES string of the molecule is Cc1nnc(C)n1-n1ccc2c(cnc3nc(-c4ccc5c(c4)OCCCO5)nn32)c1=O. The van der Waals surface area contributed by atoms with Crippen LogP contribution in [0.1, 0.15) is 18.1 Å². The molecule has 0 radical (unpaired) electrons. The zero-order chi connectivity index (χ0) is 21.8. The van der Waals surface area contributed by atoms with E-state index in [0.717, 1.165) is 12.0 Å². The highest BCUT2D eigenvalue weighted by Crippen LogP contribution is 2.33. The van der Waals surface area contributed by atoms with Crippen molar-refractivity contribution in [2.45, 2.75) is 20.3 Å². The summed E-state index contributed by atoms with van der Waals surface area (Å²) < 4.78 is 16.2. The Labute approximate surface area is 180 Å². The Morgan fingerprint density at radius 2 is 1.78 bits per heavy atom. The Hall–Kier alpha value is -4.28. The monoisotopic (exact) mass is 430 g/mol. The van der Waals surface area contributed by atoms with Gasteiger partial charge in [-0.05, 0) is 38.1 Å². The average Bonchev–Trinajstić information content (AvgIpc) is 3.29. The number of rotatable bonds is 2. The molecule has 0 fully saturated rings. The van der Waals surface area contributed by atoms with Gasteiger partial charge >= 0.3 is 0 Å². The van der Waals surface area contributed by atoms with Crippen LogP contribution in [0.2, 0.25) is 0 Å². The van der Waals surface area contributed by atoms with Crippen LogP contribution in [0.25, 0.3) is 28.1 Å². The molecule has 1 aliphatic rings. The summed E-state index contributed by atoms with van der Waals surface area (Å²) in [6.07, 6.45) is 4.02. The number of aromatic nitrogens is 8. The predicted molar refractivity (Wildman–Crippen MR) is 114 cm³/mol. The molecule has 11 heteroatoms. The van der Waals surface area contributed by atoms with Crippen molar-refractivity contribution in [1.29, 1.82) is 0 Å². The van der Waals surface area contributed by atoms with Gasteiger partial charge in [-0.25, -0.2) is 14.3 Å². The molecule has 11 nitrogen and oxygen atoms in total. The lowest BCUT2D eigenvalue weighted by Crippen LogP contribution is -2.27. The normalized spacial score (nSPS) is 13.6. The fourth-order valence-electron chi connectivity index (χ4n) is 3.87. The Bertz CT molecular complexity index is 1550. The second-order valence-corrected chi connectivity index (χ2v) is 7.49. The number of hydrogen-bond acceptors (Lipinski definition) is 8. The van der Waals surface area contributed by atoms with E-state index >= 15 is 0 Å². The molecular weight excluding hydrogens is 412 g/mol. The highest BCUT2D eigenvalue weighted by Gasteiger charge is 2.17. The Kier molecular flexibility index (Phi) is 3.97. The van der Waals surface area contributed by atoms with Gasteiger partial charge in [0.1, 0.15) is 11.6 Å². The summed E-state index contributed by atoms with van der Waals surface area (Å²) >= 11 is 0. The van der Waals surface area contributed by atoms with Gasteiger partial charge in [-0.3, -0.25) is 4.79 Å². The standard InChI is InChI=1S/C21H18N8O3/c1-12-24-25-13(2)29(12)27-7-6-16-15(20(27)30)11-22-21-23-19(26-28(16)21)14-4-5-17-18(10-14)32-9-3-8-31-17/h4-7,10-11H,3,8-9H2,1-2H3. The van der Waals surface area contributed by atoms with Crippen molar-refractivity contribution in [2.24, 2.45) is 0 Å². The zero-order valence-electron chi connectivity index (χ0n) is 17.4. The molecule has 0 unspecified atom stereocenters. The van der Waals surface area contributed by atoms with Crippen LogP contribution in [0.3, 0.4) is 0 Å². The molecule has 0 N–H and O–H groups in total. The number of benzene rings is 1.